The lowest BCUT2D eigenvalue weighted by atomic mass is 10.1. The smallest absolute Gasteiger partial charge is 0.222 e. The monoisotopic (exact) mass is 497 g/mol. The van der Waals surface area contributed by atoms with Crippen molar-refractivity contribution in [2.45, 2.75) is 26.5 Å². The minimum atomic E-state index is -0.622. The molecular formula is C28H39N3O5. The molecular weight excluding hydrogens is 458 g/mol. The maximum atomic E-state index is 10.7. The maximum absolute atomic E-state index is 10.7. The molecule has 8 nitrogen and oxygen atoms in total. The highest BCUT2D eigenvalue weighted by atomic mass is 16.5. The van der Waals surface area contributed by atoms with Crippen molar-refractivity contribution in [2.24, 2.45) is 13.0 Å². The average molecular weight is 498 g/mol. The van der Waals surface area contributed by atoms with Gasteiger partial charge in [0.05, 0.1) is 32.0 Å². The van der Waals surface area contributed by atoms with Crippen LogP contribution in [0.1, 0.15) is 19.4 Å². The number of aliphatic hydroxyl groups excluding tert-OH is 1. The van der Waals surface area contributed by atoms with Crippen LogP contribution in [0.25, 0.3) is 11.3 Å². The first-order valence-corrected chi connectivity index (χ1v) is 12.3. The molecule has 0 spiro atoms. The van der Waals surface area contributed by atoms with Gasteiger partial charge in [0.25, 0.3) is 0 Å². The molecule has 36 heavy (non-hydrogen) atoms. The van der Waals surface area contributed by atoms with Crippen molar-refractivity contribution >= 4 is 0 Å². The van der Waals surface area contributed by atoms with Crippen molar-refractivity contribution in [3.05, 3.63) is 60.2 Å². The molecule has 0 aliphatic heterocycles. The van der Waals surface area contributed by atoms with Crippen LogP contribution in [0.15, 0.2) is 54.6 Å². The summed E-state index contributed by atoms with van der Waals surface area (Å²) in [6.07, 6.45) is -0.622. The molecule has 1 heterocycles. The van der Waals surface area contributed by atoms with E-state index in [0.29, 0.717) is 50.4 Å². The van der Waals surface area contributed by atoms with E-state index in [9.17, 15) is 5.11 Å². The Kier molecular flexibility index (Phi) is 10.8. The summed E-state index contributed by atoms with van der Waals surface area (Å²) in [6, 6.07) is 17.5. The van der Waals surface area contributed by atoms with E-state index in [-0.39, 0.29) is 6.61 Å². The summed E-state index contributed by atoms with van der Waals surface area (Å²) in [5.41, 5.74) is 2.78. The number of benzene rings is 2. The Hall–Kier alpha value is -2.91. The zero-order valence-electron chi connectivity index (χ0n) is 22.0. The molecule has 196 valence electrons. The zero-order valence-corrected chi connectivity index (χ0v) is 22.0. The van der Waals surface area contributed by atoms with Gasteiger partial charge in [0, 0.05) is 46.0 Å². The van der Waals surface area contributed by atoms with Gasteiger partial charge in [0.15, 0.2) is 0 Å². The summed E-state index contributed by atoms with van der Waals surface area (Å²) in [7, 11) is 5.19. The van der Waals surface area contributed by atoms with E-state index in [1.807, 2.05) is 61.6 Å². The highest BCUT2D eigenvalue weighted by Gasteiger charge is 2.23. The van der Waals surface area contributed by atoms with Gasteiger partial charge in [-0.3, -0.25) is 4.90 Å². The summed E-state index contributed by atoms with van der Waals surface area (Å²) < 4.78 is 24.4. The summed E-state index contributed by atoms with van der Waals surface area (Å²) >= 11 is 0. The quantitative estimate of drug-likeness (QED) is 0.334. The second kappa shape index (κ2) is 14.0. The molecule has 0 aliphatic rings. The van der Waals surface area contributed by atoms with Crippen LogP contribution in [0.5, 0.6) is 17.4 Å². The fourth-order valence-corrected chi connectivity index (χ4v) is 3.88. The third kappa shape index (κ3) is 8.06. The number of hydrogen-bond acceptors (Lipinski definition) is 7. The summed E-state index contributed by atoms with van der Waals surface area (Å²) in [6.45, 7) is 7.23. The minimum Gasteiger partial charge on any atom is -0.497 e. The Balaban J connectivity index is 1.89. The molecule has 3 aromatic rings. The van der Waals surface area contributed by atoms with Gasteiger partial charge in [-0.05, 0) is 30.2 Å². The predicted octanol–water partition coefficient (Wildman–Crippen LogP) is 4.37. The number of aromatic nitrogens is 2. The molecule has 0 bridgehead atoms. The van der Waals surface area contributed by atoms with Crippen molar-refractivity contribution in [3.63, 3.8) is 0 Å². The van der Waals surface area contributed by atoms with Crippen LogP contribution < -0.4 is 9.47 Å². The summed E-state index contributed by atoms with van der Waals surface area (Å²) in [5.74, 6) is 2.51. The van der Waals surface area contributed by atoms with Crippen LogP contribution in [0.3, 0.4) is 0 Å². The first-order chi connectivity index (χ1) is 17.4. The van der Waals surface area contributed by atoms with Crippen LogP contribution in [-0.4, -0.2) is 73.0 Å². The van der Waals surface area contributed by atoms with Gasteiger partial charge in [-0.25, -0.2) is 4.68 Å². The number of aliphatic hydroxyl groups is 1. The average Bonchev–Trinajstić information content (AvgIpc) is 3.18. The van der Waals surface area contributed by atoms with Crippen molar-refractivity contribution in [3.8, 4) is 28.6 Å². The Morgan fingerprint density at radius 1 is 0.972 bits per heavy atom. The Labute approximate surface area is 214 Å². The molecule has 1 N–H and O–H groups in total. The maximum Gasteiger partial charge on any atom is 0.222 e. The molecule has 0 radical (unpaired) electrons. The largest absolute Gasteiger partial charge is 0.497 e. The van der Waals surface area contributed by atoms with E-state index in [2.05, 4.69) is 18.7 Å². The van der Waals surface area contributed by atoms with Crippen LogP contribution in [-0.2, 0) is 23.1 Å². The van der Waals surface area contributed by atoms with Crippen LogP contribution >= 0.6 is 0 Å². The molecule has 8 heteroatoms. The summed E-state index contributed by atoms with van der Waals surface area (Å²) in [5, 5.41) is 15.5. The molecule has 0 unspecified atom stereocenters. The van der Waals surface area contributed by atoms with Gasteiger partial charge in [0.2, 0.25) is 5.88 Å². The SMILES string of the molecule is COCCN(Cc1c(-c2ccccc2)nn(C)c1Oc1ccc(OC)cc1)C[C@@H](O)COCC(C)C. The molecule has 0 saturated heterocycles. The normalized spacial score (nSPS) is 12.3. The summed E-state index contributed by atoms with van der Waals surface area (Å²) in [4.78, 5) is 2.15. The molecule has 0 amide bonds. The first kappa shape index (κ1) is 27.7. The van der Waals surface area contributed by atoms with E-state index in [0.717, 1.165) is 22.6 Å². The lowest BCUT2D eigenvalue weighted by Gasteiger charge is -2.25. The standard InChI is InChI=1S/C28H39N3O5/c1-21(2)19-35-20-23(32)17-31(15-16-33-4)18-26-27(22-9-7-6-8-10-22)29-30(3)28(26)36-25-13-11-24(34-5)12-14-25/h6-14,21,23,32H,15-20H2,1-5H3/t23-/m1/s1. The third-order valence-electron chi connectivity index (χ3n) is 5.63. The third-order valence-corrected chi connectivity index (χ3v) is 5.63. The van der Waals surface area contributed by atoms with Crippen molar-refractivity contribution < 1.29 is 24.1 Å². The highest BCUT2D eigenvalue weighted by Crippen LogP contribution is 2.34. The Morgan fingerprint density at radius 2 is 1.67 bits per heavy atom. The number of rotatable bonds is 15. The molecule has 0 fully saturated rings. The molecule has 2 aromatic carbocycles. The molecule has 0 saturated carbocycles. The minimum absolute atomic E-state index is 0.287. The van der Waals surface area contributed by atoms with E-state index >= 15 is 0 Å². The number of ether oxygens (including phenoxy) is 4. The predicted molar refractivity (Wildman–Crippen MR) is 141 cm³/mol. The Morgan fingerprint density at radius 3 is 2.31 bits per heavy atom. The number of nitrogens with zero attached hydrogens (tertiary/aromatic N) is 3. The topological polar surface area (TPSA) is 78.2 Å². The van der Waals surface area contributed by atoms with Crippen molar-refractivity contribution in [1.29, 1.82) is 0 Å². The number of aryl methyl sites for hydroxylation is 1. The van der Waals surface area contributed by atoms with E-state index in [1.165, 1.54) is 0 Å². The second-order valence-corrected chi connectivity index (χ2v) is 9.21. The van der Waals surface area contributed by atoms with Gasteiger partial charge in [-0.1, -0.05) is 44.2 Å². The van der Waals surface area contributed by atoms with E-state index < -0.39 is 6.10 Å². The van der Waals surface area contributed by atoms with Gasteiger partial charge < -0.3 is 24.1 Å². The highest BCUT2D eigenvalue weighted by molar-refractivity contribution is 5.65. The molecule has 3 rings (SSSR count). The van der Waals surface area contributed by atoms with Gasteiger partial charge >= 0.3 is 0 Å². The van der Waals surface area contributed by atoms with Crippen LogP contribution in [0, 0.1) is 5.92 Å². The van der Waals surface area contributed by atoms with Crippen LogP contribution in [0.4, 0.5) is 0 Å². The first-order valence-electron chi connectivity index (χ1n) is 12.3. The van der Waals surface area contributed by atoms with Crippen molar-refractivity contribution in [2.75, 3.05) is 47.1 Å². The number of methoxy groups -OCH3 is 2. The number of hydrogen-bond donors (Lipinski definition) is 1. The molecule has 1 aromatic heterocycles. The van der Waals surface area contributed by atoms with Crippen molar-refractivity contribution in [1.82, 2.24) is 14.7 Å². The molecule has 0 aliphatic carbocycles. The van der Waals surface area contributed by atoms with E-state index in [1.54, 1.807) is 18.9 Å². The fraction of sp³-hybridized carbons (Fsp3) is 0.464. The van der Waals surface area contributed by atoms with Gasteiger partial charge in [0.1, 0.15) is 17.2 Å². The molecule has 1 atom stereocenters. The van der Waals surface area contributed by atoms with Gasteiger partial charge in [-0.15, -0.1) is 0 Å². The van der Waals surface area contributed by atoms with E-state index in [4.69, 9.17) is 24.0 Å². The fourth-order valence-electron chi connectivity index (χ4n) is 3.88. The van der Waals surface area contributed by atoms with Crippen LogP contribution in [0.2, 0.25) is 0 Å². The van der Waals surface area contributed by atoms with Gasteiger partial charge in [-0.2, -0.15) is 5.10 Å². The lowest BCUT2D eigenvalue weighted by molar-refractivity contribution is 0.00329. The second-order valence-electron chi connectivity index (χ2n) is 9.21. The lowest BCUT2D eigenvalue weighted by Crippen LogP contribution is -2.37. The zero-order chi connectivity index (χ0) is 25.9. The Bertz CT molecular complexity index is 1040.